The lowest BCUT2D eigenvalue weighted by atomic mass is 10.2. The smallest absolute Gasteiger partial charge is 0.407 e. The third-order valence-electron chi connectivity index (χ3n) is 2.38. The van der Waals surface area contributed by atoms with Crippen LogP contribution in [0.5, 0.6) is 0 Å². The number of nitrogens with one attached hydrogen (secondary N) is 3. The molecule has 116 valence electrons. The molecule has 0 atom stereocenters. The average Bonchev–Trinajstić information content (AvgIpc) is 2.36. The molecule has 0 bridgehead atoms. The molecular formula is C15H23N3O2S. The zero-order valence-corrected chi connectivity index (χ0v) is 13.8. The molecule has 0 radical (unpaired) electrons. The van der Waals surface area contributed by atoms with Crippen molar-refractivity contribution < 1.29 is 9.53 Å². The van der Waals surface area contributed by atoms with E-state index in [2.05, 4.69) is 16.0 Å². The Morgan fingerprint density at radius 2 is 1.81 bits per heavy atom. The van der Waals surface area contributed by atoms with Gasteiger partial charge < -0.3 is 20.7 Å². The number of alkyl carbamates (subject to hydrolysis) is 1. The van der Waals surface area contributed by atoms with Crippen LogP contribution in [0.4, 0.5) is 10.5 Å². The first kappa shape index (κ1) is 17.2. The van der Waals surface area contributed by atoms with E-state index in [0.29, 0.717) is 11.7 Å². The molecule has 6 heteroatoms. The third-order valence-corrected chi connectivity index (χ3v) is 2.63. The number of anilines is 1. The van der Waals surface area contributed by atoms with Gasteiger partial charge in [0, 0.05) is 18.8 Å². The van der Waals surface area contributed by atoms with Crippen molar-refractivity contribution in [1.82, 2.24) is 10.6 Å². The van der Waals surface area contributed by atoms with Gasteiger partial charge in [0.05, 0.1) is 0 Å². The molecular weight excluding hydrogens is 286 g/mol. The fraction of sp³-hybridized carbons (Fsp3) is 0.467. The van der Waals surface area contributed by atoms with Crippen molar-refractivity contribution in [3.63, 3.8) is 0 Å². The quantitative estimate of drug-likeness (QED) is 0.746. The Labute approximate surface area is 131 Å². The highest BCUT2D eigenvalue weighted by Gasteiger charge is 2.15. The maximum absolute atomic E-state index is 11.5. The number of benzene rings is 1. The van der Waals surface area contributed by atoms with Gasteiger partial charge in [-0.15, -0.1) is 0 Å². The van der Waals surface area contributed by atoms with E-state index in [9.17, 15) is 4.79 Å². The number of thiocarbonyl (C=S) groups is 1. The number of hydrogen-bond acceptors (Lipinski definition) is 3. The molecule has 0 fully saturated rings. The Hall–Kier alpha value is -1.82. The molecule has 0 saturated heterocycles. The predicted molar refractivity (Wildman–Crippen MR) is 89.4 cm³/mol. The second kappa shape index (κ2) is 7.83. The second-order valence-corrected chi connectivity index (χ2v) is 5.95. The summed E-state index contributed by atoms with van der Waals surface area (Å²) in [6, 6.07) is 7.67. The van der Waals surface area contributed by atoms with Crippen molar-refractivity contribution in [2.75, 3.05) is 11.9 Å². The Bertz CT molecular complexity index is 481. The zero-order valence-electron chi connectivity index (χ0n) is 12.9. The molecule has 0 heterocycles. The van der Waals surface area contributed by atoms with Crippen molar-refractivity contribution in [2.45, 2.75) is 39.8 Å². The third kappa shape index (κ3) is 7.51. The summed E-state index contributed by atoms with van der Waals surface area (Å²) >= 11 is 5.11. The van der Waals surface area contributed by atoms with Crippen LogP contribution in [-0.4, -0.2) is 23.4 Å². The number of carbonyl (C=O) groups is 1. The van der Waals surface area contributed by atoms with E-state index in [-0.39, 0.29) is 0 Å². The highest BCUT2D eigenvalue weighted by molar-refractivity contribution is 7.80. The van der Waals surface area contributed by atoms with E-state index in [1.165, 1.54) is 0 Å². The molecule has 0 saturated carbocycles. The van der Waals surface area contributed by atoms with Gasteiger partial charge in [0.15, 0.2) is 5.11 Å². The number of carbonyl (C=O) groups excluding carboxylic acids is 1. The van der Waals surface area contributed by atoms with Gasteiger partial charge in [-0.3, -0.25) is 0 Å². The van der Waals surface area contributed by atoms with E-state index in [1.54, 1.807) is 0 Å². The number of hydrogen-bond donors (Lipinski definition) is 3. The van der Waals surface area contributed by atoms with Gasteiger partial charge in [0.25, 0.3) is 0 Å². The van der Waals surface area contributed by atoms with Crippen molar-refractivity contribution in [3.05, 3.63) is 29.8 Å². The summed E-state index contributed by atoms with van der Waals surface area (Å²) in [6.45, 7) is 8.69. The number of ether oxygens (including phenoxy) is 1. The van der Waals surface area contributed by atoms with Crippen molar-refractivity contribution in [2.24, 2.45) is 0 Å². The van der Waals surface area contributed by atoms with Crippen LogP contribution >= 0.6 is 12.2 Å². The standard InChI is InChI=1S/C15H23N3O2S/c1-5-16-13(21)18-12-8-6-11(7-9-12)10-17-14(19)20-15(2,3)4/h6-9H,5,10H2,1-4H3,(H,17,19)(H2,16,18,21). The van der Waals surface area contributed by atoms with Crippen molar-refractivity contribution in [1.29, 1.82) is 0 Å². The van der Waals surface area contributed by atoms with Gasteiger partial charge in [-0.2, -0.15) is 0 Å². The maximum Gasteiger partial charge on any atom is 0.407 e. The summed E-state index contributed by atoms with van der Waals surface area (Å²) in [4.78, 5) is 11.5. The van der Waals surface area contributed by atoms with Crippen LogP contribution in [0, 0.1) is 0 Å². The Kier molecular flexibility index (Phi) is 6.42. The van der Waals surface area contributed by atoms with Crippen LogP contribution in [0.1, 0.15) is 33.3 Å². The minimum atomic E-state index is -0.486. The van der Waals surface area contributed by atoms with Crippen molar-refractivity contribution >= 4 is 29.1 Å². The highest BCUT2D eigenvalue weighted by Crippen LogP contribution is 2.10. The van der Waals surface area contributed by atoms with E-state index < -0.39 is 11.7 Å². The number of amides is 1. The van der Waals surface area contributed by atoms with Crippen LogP contribution in [-0.2, 0) is 11.3 Å². The lowest BCUT2D eigenvalue weighted by Gasteiger charge is -2.19. The first-order valence-electron chi connectivity index (χ1n) is 6.91. The first-order chi connectivity index (χ1) is 9.80. The lowest BCUT2D eigenvalue weighted by molar-refractivity contribution is 0.0523. The summed E-state index contributed by atoms with van der Waals surface area (Å²) in [7, 11) is 0. The molecule has 0 aliphatic carbocycles. The molecule has 1 amide bonds. The highest BCUT2D eigenvalue weighted by atomic mass is 32.1. The summed E-state index contributed by atoms with van der Waals surface area (Å²) in [5.74, 6) is 0. The van der Waals surface area contributed by atoms with E-state index >= 15 is 0 Å². The average molecular weight is 309 g/mol. The van der Waals surface area contributed by atoms with Crippen LogP contribution in [0.15, 0.2) is 24.3 Å². The van der Waals surface area contributed by atoms with Crippen LogP contribution in [0.25, 0.3) is 0 Å². The SMILES string of the molecule is CCNC(=S)Nc1ccc(CNC(=O)OC(C)(C)C)cc1. The van der Waals surface area contributed by atoms with Crippen LogP contribution in [0.2, 0.25) is 0 Å². The minimum absolute atomic E-state index is 0.418. The molecule has 0 spiro atoms. The van der Waals surface area contributed by atoms with Gasteiger partial charge in [-0.25, -0.2) is 4.79 Å². The Balaban J connectivity index is 2.44. The zero-order chi connectivity index (χ0) is 15.9. The molecule has 5 nitrogen and oxygen atoms in total. The predicted octanol–water partition coefficient (Wildman–Crippen LogP) is 3.02. The first-order valence-corrected chi connectivity index (χ1v) is 7.31. The van der Waals surface area contributed by atoms with Gasteiger partial charge in [0.1, 0.15) is 5.60 Å². The molecule has 3 N–H and O–H groups in total. The van der Waals surface area contributed by atoms with Gasteiger partial charge >= 0.3 is 6.09 Å². The summed E-state index contributed by atoms with van der Waals surface area (Å²) in [6.07, 6.45) is -0.418. The molecule has 1 rings (SSSR count). The topological polar surface area (TPSA) is 62.4 Å². The second-order valence-electron chi connectivity index (χ2n) is 5.54. The molecule has 0 aromatic heterocycles. The molecule has 0 aliphatic rings. The lowest BCUT2D eigenvalue weighted by Crippen LogP contribution is -2.32. The molecule has 1 aromatic carbocycles. The van der Waals surface area contributed by atoms with E-state index in [0.717, 1.165) is 17.8 Å². The summed E-state index contributed by atoms with van der Waals surface area (Å²) in [5, 5.41) is 9.40. The summed E-state index contributed by atoms with van der Waals surface area (Å²) in [5.41, 5.74) is 1.41. The monoisotopic (exact) mass is 309 g/mol. The van der Waals surface area contributed by atoms with Gasteiger partial charge in [0.2, 0.25) is 0 Å². The Morgan fingerprint density at radius 1 is 1.19 bits per heavy atom. The maximum atomic E-state index is 11.5. The van der Waals surface area contributed by atoms with E-state index in [1.807, 2.05) is 52.0 Å². The van der Waals surface area contributed by atoms with Crippen molar-refractivity contribution in [3.8, 4) is 0 Å². The summed E-state index contributed by atoms with van der Waals surface area (Å²) < 4.78 is 5.17. The van der Waals surface area contributed by atoms with Crippen LogP contribution < -0.4 is 16.0 Å². The largest absolute Gasteiger partial charge is 0.444 e. The Morgan fingerprint density at radius 3 is 2.33 bits per heavy atom. The van der Waals surface area contributed by atoms with Gasteiger partial charge in [-0.1, -0.05) is 12.1 Å². The van der Waals surface area contributed by atoms with Gasteiger partial charge in [-0.05, 0) is 57.6 Å². The molecule has 21 heavy (non-hydrogen) atoms. The minimum Gasteiger partial charge on any atom is -0.444 e. The molecule has 0 aliphatic heterocycles. The fourth-order valence-electron chi connectivity index (χ4n) is 1.53. The fourth-order valence-corrected chi connectivity index (χ4v) is 1.79. The molecule has 0 unspecified atom stereocenters. The normalized spacial score (nSPS) is 10.7. The molecule has 1 aromatic rings. The number of rotatable bonds is 4. The van der Waals surface area contributed by atoms with E-state index in [4.69, 9.17) is 17.0 Å². The van der Waals surface area contributed by atoms with Crippen LogP contribution in [0.3, 0.4) is 0 Å².